The first-order chi connectivity index (χ1) is 14.6. The Morgan fingerprint density at radius 3 is 2.97 bits per heavy atom. The van der Waals surface area contributed by atoms with Crippen molar-refractivity contribution in [3.8, 4) is 0 Å². The fraction of sp³-hybridized carbons (Fsp3) is 0.333. The zero-order valence-corrected chi connectivity index (χ0v) is 16.6. The number of para-hydroxylation sites is 2. The Labute approximate surface area is 173 Å². The lowest BCUT2D eigenvalue weighted by Gasteiger charge is -2.23. The Bertz CT molecular complexity index is 1050. The van der Waals surface area contributed by atoms with Gasteiger partial charge in [-0.2, -0.15) is 0 Å². The third-order valence-electron chi connectivity index (χ3n) is 5.30. The van der Waals surface area contributed by atoms with Crippen LogP contribution in [-0.2, 0) is 4.74 Å². The number of rotatable bonds is 7. The number of hydrogen-bond donors (Lipinski definition) is 2. The van der Waals surface area contributed by atoms with Crippen LogP contribution < -0.4 is 5.32 Å². The van der Waals surface area contributed by atoms with Gasteiger partial charge in [0.2, 0.25) is 0 Å². The molecule has 1 aromatic heterocycles. The Hall–Kier alpha value is -3.46. The van der Waals surface area contributed by atoms with Crippen LogP contribution in [0.5, 0.6) is 0 Å². The van der Waals surface area contributed by atoms with Crippen LogP contribution >= 0.6 is 0 Å². The second-order valence-electron chi connectivity index (χ2n) is 7.20. The van der Waals surface area contributed by atoms with Crippen LogP contribution in [-0.4, -0.2) is 52.5 Å². The number of methoxy groups -OCH3 is 1. The van der Waals surface area contributed by atoms with E-state index in [4.69, 9.17) is 4.74 Å². The zero-order valence-electron chi connectivity index (χ0n) is 16.6. The van der Waals surface area contributed by atoms with Crippen molar-refractivity contribution in [1.29, 1.82) is 0 Å². The highest BCUT2D eigenvalue weighted by Gasteiger charge is 2.33. The Balaban J connectivity index is 1.59. The molecule has 1 atom stereocenters. The minimum absolute atomic E-state index is 0.128. The van der Waals surface area contributed by atoms with Crippen LogP contribution in [0, 0.1) is 10.1 Å². The molecule has 1 aliphatic rings. The molecule has 1 amide bonds. The number of carbonyl (C=O) groups is 1. The summed E-state index contributed by atoms with van der Waals surface area (Å²) in [7, 11) is 1.56. The number of H-pyrrole nitrogens is 1. The van der Waals surface area contributed by atoms with Gasteiger partial charge in [-0.1, -0.05) is 12.1 Å². The van der Waals surface area contributed by atoms with E-state index in [0.29, 0.717) is 30.9 Å². The summed E-state index contributed by atoms with van der Waals surface area (Å²) >= 11 is 0. The molecule has 4 rings (SSSR count). The Morgan fingerprint density at radius 1 is 1.37 bits per heavy atom. The highest BCUT2D eigenvalue weighted by atomic mass is 16.6. The maximum absolute atomic E-state index is 13.2. The Morgan fingerprint density at radius 2 is 2.20 bits per heavy atom. The molecule has 30 heavy (non-hydrogen) atoms. The molecule has 1 fully saturated rings. The molecule has 1 saturated heterocycles. The van der Waals surface area contributed by atoms with Gasteiger partial charge >= 0.3 is 0 Å². The predicted molar refractivity (Wildman–Crippen MR) is 113 cm³/mol. The van der Waals surface area contributed by atoms with Crippen LogP contribution in [0.2, 0.25) is 0 Å². The van der Waals surface area contributed by atoms with Gasteiger partial charge in [-0.25, -0.2) is 4.98 Å². The molecular formula is C21H23N5O4. The van der Waals surface area contributed by atoms with E-state index in [-0.39, 0.29) is 17.6 Å². The Kier molecular flexibility index (Phi) is 5.62. The van der Waals surface area contributed by atoms with Crippen LogP contribution in [0.15, 0.2) is 42.5 Å². The van der Waals surface area contributed by atoms with Crippen molar-refractivity contribution in [2.45, 2.75) is 18.9 Å². The molecule has 1 aliphatic heterocycles. The van der Waals surface area contributed by atoms with E-state index in [1.165, 1.54) is 6.07 Å². The SMILES string of the molecule is COCCNc1ccc(C(=O)N2CCCC2c2nc3ccccc3[nH]2)cc1[N+](=O)[O-]. The van der Waals surface area contributed by atoms with Crippen molar-refractivity contribution in [3.63, 3.8) is 0 Å². The van der Waals surface area contributed by atoms with E-state index < -0.39 is 4.92 Å². The van der Waals surface area contributed by atoms with Gasteiger partial charge in [0.1, 0.15) is 11.5 Å². The van der Waals surface area contributed by atoms with Gasteiger partial charge in [-0.3, -0.25) is 14.9 Å². The zero-order chi connectivity index (χ0) is 21.1. The number of hydrogen-bond acceptors (Lipinski definition) is 6. The first-order valence-electron chi connectivity index (χ1n) is 9.85. The van der Waals surface area contributed by atoms with E-state index in [1.807, 2.05) is 24.3 Å². The molecule has 0 radical (unpaired) electrons. The summed E-state index contributed by atoms with van der Waals surface area (Å²) in [6.07, 6.45) is 1.65. The lowest BCUT2D eigenvalue weighted by atomic mass is 10.1. The molecule has 0 spiro atoms. The monoisotopic (exact) mass is 409 g/mol. The number of carbonyl (C=O) groups excluding carboxylic acids is 1. The fourth-order valence-electron chi connectivity index (χ4n) is 3.84. The molecule has 0 bridgehead atoms. The summed E-state index contributed by atoms with van der Waals surface area (Å²) in [6, 6.07) is 12.1. The fourth-order valence-corrected chi connectivity index (χ4v) is 3.84. The number of nitrogens with zero attached hydrogens (tertiary/aromatic N) is 3. The lowest BCUT2D eigenvalue weighted by molar-refractivity contribution is -0.384. The largest absolute Gasteiger partial charge is 0.383 e. The minimum Gasteiger partial charge on any atom is -0.383 e. The number of nitrogens with one attached hydrogen (secondary N) is 2. The topological polar surface area (TPSA) is 113 Å². The summed E-state index contributed by atoms with van der Waals surface area (Å²) < 4.78 is 4.97. The van der Waals surface area contributed by atoms with E-state index in [0.717, 1.165) is 29.7 Å². The van der Waals surface area contributed by atoms with Crippen molar-refractivity contribution < 1.29 is 14.5 Å². The van der Waals surface area contributed by atoms with Crippen molar-refractivity contribution in [2.24, 2.45) is 0 Å². The quantitative estimate of drug-likeness (QED) is 0.351. The third kappa shape index (κ3) is 3.84. The number of likely N-dealkylation sites (tertiary alicyclic amines) is 1. The number of imidazole rings is 1. The summed E-state index contributed by atoms with van der Waals surface area (Å²) in [6.45, 7) is 1.44. The number of benzene rings is 2. The average molecular weight is 409 g/mol. The summed E-state index contributed by atoms with van der Waals surface area (Å²) in [5, 5.41) is 14.5. The predicted octanol–water partition coefficient (Wildman–Crippen LogP) is 3.51. The number of ether oxygens (including phenoxy) is 1. The number of nitro benzene ring substituents is 1. The average Bonchev–Trinajstić information content (AvgIpc) is 3.40. The van der Waals surface area contributed by atoms with Crippen LogP contribution in [0.3, 0.4) is 0 Å². The van der Waals surface area contributed by atoms with Gasteiger partial charge in [0.05, 0.1) is 28.6 Å². The second kappa shape index (κ2) is 8.50. The van der Waals surface area contributed by atoms with Gasteiger partial charge in [-0.05, 0) is 37.1 Å². The van der Waals surface area contributed by atoms with Gasteiger partial charge in [0.15, 0.2) is 0 Å². The number of fused-ring (bicyclic) bond motifs is 1. The van der Waals surface area contributed by atoms with Gasteiger partial charge in [-0.15, -0.1) is 0 Å². The normalized spacial score (nSPS) is 16.2. The van der Waals surface area contributed by atoms with Gasteiger partial charge < -0.3 is 19.9 Å². The number of aromatic amines is 1. The van der Waals surface area contributed by atoms with Crippen molar-refractivity contribution in [3.05, 3.63) is 64.0 Å². The summed E-state index contributed by atoms with van der Waals surface area (Å²) in [5.74, 6) is 0.513. The van der Waals surface area contributed by atoms with Crippen molar-refractivity contribution in [1.82, 2.24) is 14.9 Å². The standard InChI is InChI=1S/C21H23N5O4/c1-30-12-10-22-17-9-8-14(13-19(17)26(28)29)21(27)25-11-4-7-18(25)20-23-15-5-2-3-6-16(15)24-20/h2-3,5-6,8-9,13,18,22H,4,7,10-12H2,1H3,(H,23,24). The summed E-state index contributed by atoms with van der Waals surface area (Å²) in [5.41, 5.74) is 2.31. The molecule has 156 valence electrons. The molecule has 2 aromatic carbocycles. The maximum atomic E-state index is 13.2. The number of anilines is 1. The molecular weight excluding hydrogens is 386 g/mol. The molecule has 1 unspecified atom stereocenters. The van der Waals surface area contributed by atoms with Crippen LogP contribution in [0.4, 0.5) is 11.4 Å². The number of nitro groups is 1. The molecule has 2 N–H and O–H groups in total. The summed E-state index contributed by atoms with van der Waals surface area (Å²) in [4.78, 5) is 34.0. The van der Waals surface area contributed by atoms with Crippen molar-refractivity contribution in [2.75, 3.05) is 32.1 Å². The van der Waals surface area contributed by atoms with E-state index in [1.54, 1.807) is 24.1 Å². The van der Waals surface area contributed by atoms with Crippen LogP contribution in [0.25, 0.3) is 11.0 Å². The third-order valence-corrected chi connectivity index (χ3v) is 5.30. The smallest absolute Gasteiger partial charge is 0.293 e. The molecule has 0 saturated carbocycles. The molecule has 2 heterocycles. The van der Waals surface area contributed by atoms with Gasteiger partial charge in [0.25, 0.3) is 11.6 Å². The second-order valence-corrected chi connectivity index (χ2v) is 7.20. The van der Waals surface area contributed by atoms with Crippen LogP contribution in [0.1, 0.15) is 35.1 Å². The van der Waals surface area contributed by atoms with E-state index >= 15 is 0 Å². The molecule has 0 aliphatic carbocycles. The first kappa shape index (κ1) is 19.8. The minimum atomic E-state index is -0.480. The van der Waals surface area contributed by atoms with Crippen molar-refractivity contribution >= 4 is 28.3 Å². The maximum Gasteiger partial charge on any atom is 0.293 e. The molecule has 9 nitrogen and oxygen atoms in total. The van der Waals surface area contributed by atoms with Gasteiger partial charge in [0, 0.05) is 31.8 Å². The highest BCUT2D eigenvalue weighted by Crippen LogP contribution is 2.34. The number of aromatic nitrogens is 2. The first-order valence-corrected chi connectivity index (χ1v) is 9.85. The lowest BCUT2D eigenvalue weighted by Crippen LogP contribution is -2.31. The molecule has 9 heteroatoms. The number of amides is 1. The molecule has 3 aromatic rings. The highest BCUT2D eigenvalue weighted by molar-refractivity contribution is 5.96. The van der Waals surface area contributed by atoms with E-state index in [9.17, 15) is 14.9 Å². The van der Waals surface area contributed by atoms with E-state index in [2.05, 4.69) is 15.3 Å².